The first kappa shape index (κ1) is 13.3. The van der Waals surface area contributed by atoms with E-state index in [0.717, 1.165) is 21.0 Å². The van der Waals surface area contributed by atoms with Crippen LogP contribution in [-0.2, 0) is 6.42 Å². The van der Waals surface area contributed by atoms with Crippen molar-refractivity contribution in [1.29, 1.82) is 0 Å². The molecule has 3 rings (SSSR count). The van der Waals surface area contributed by atoms with Crippen LogP contribution in [0.5, 0.6) is 0 Å². The number of para-hydroxylation sites is 1. The maximum atomic E-state index is 12.8. The van der Waals surface area contributed by atoms with Crippen LogP contribution in [0.3, 0.4) is 0 Å². The van der Waals surface area contributed by atoms with Gasteiger partial charge in [0, 0.05) is 11.8 Å². The van der Waals surface area contributed by atoms with E-state index in [0.29, 0.717) is 12.2 Å². The van der Waals surface area contributed by atoms with Gasteiger partial charge >= 0.3 is 0 Å². The van der Waals surface area contributed by atoms with Crippen LogP contribution in [0.2, 0.25) is 0 Å². The van der Waals surface area contributed by atoms with Crippen LogP contribution in [0.25, 0.3) is 11.0 Å². The molecule has 3 aromatic rings. The Morgan fingerprint density at radius 1 is 1.15 bits per heavy atom. The molecule has 102 valence electrons. The van der Waals surface area contributed by atoms with Gasteiger partial charge in [-0.2, -0.15) is 0 Å². The molecule has 1 N–H and O–H groups in total. The van der Waals surface area contributed by atoms with Crippen molar-refractivity contribution in [3.63, 3.8) is 0 Å². The maximum absolute atomic E-state index is 12.8. The van der Waals surface area contributed by atoms with Gasteiger partial charge in [-0.25, -0.2) is 4.39 Å². The van der Waals surface area contributed by atoms with Gasteiger partial charge < -0.3 is 9.52 Å². The predicted molar refractivity (Wildman–Crippen MR) is 79.0 cm³/mol. The first-order valence-electron chi connectivity index (χ1n) is 6.24. The van der Waals surface area contributed by atoms with E-state index < -0.39 is 6.10 Å². The van der Waals surface area contributed by atoms with Crippen molar-refractivity contribution >= 4 is 26.9 Å². The number of halogens is 2. The number of fused-ring (bicyclic) bond motifs is 1. The Morgan fingerprint density at radius 2 is 1.90 bits per heavy atom. The SMILES string of the molecule is OC(Cc1ccc(F)cc1)c1cc2cccc(Br)c2o1. The minimum absolute atomic E-state index is 0.282. The van der Waals surface area contributed by atoms with Crippen molar-refractivity contribution in [2.45, 2.75) is 12.5 Å². The first-order chi connectivity index (χ1) is 9.63. The van der Waals surface area contributed by atoms with E-state index in [1.807, 2.05) is 24.3 Å². The number of aliphatic hydroxyl groups excluding tert-OH is 1. The summed E-state index contributed by atoms with van der Waals surface area (Å²) in [5.41, 5.74) is 1.58. The predicted octanol–water partition coefficient (Wildman–Crippen LogP) is 4.61. The quantitative estimate of drug-likeness (QED) is 0.758. The van der Waals surface area contributed by atoms with Gasteiger partial charge in [0.25, 0.3) is 0 Å². The highest BCUT2D eigenvalue weighted by atomic mass is 79.9. The lowest BCUT2D eigenvalue weighted by atomic mass is 10.1. The molecule has 1 aromatic heterocycles. The number of furan rings is 1. The fourth-order valence-electron chi connectivity index (χ4n) is 2.16. The molecule has 1 unspecified atom stereocenters. The standard InChI is InChI=1S/C16H12BrFO2/c17-13-3-1-2-11-9-15(20-16(11)13)14(19)8-10-4-6-12(18)7-5-10/h1-7,9,14,19H,8H2. The zero-order chi connectivity index (χ0) is 14.1. The zero-order valence-electron chi connectivity index (χ0n) is 10.5. The minimum atomic E-state index is -0.750. The lowest BCUT2D eigenvalue weighted by Crippen LogP contribution is -2.00. The molecule has 1 heterocycles. The second-order valence-electron chi connectivity index (χ2n) is 4.65. The Hall–Kier alpha value is -1.65. The molecule has 1 atom stereocenters. The average Bonchev–Trinajstić information content (AvgIpc) is 2.87. The summed E-state index contributed by atoms with van der Waals surface area (Å²) in [7, 11) is 0. The van der Waals surface area contributed by atoms with E-state index in [1.165, 1.54) is 12.1 Å². The molecule has 0 aliphatic carbocycles. The molecule has 0 fully saturated rings. The summed E-state index contributed by atoms with van der Waals surface area (Å²) in [6.45, 7) is 0. The minimum Gasteiger partial charge on any atom is -0.457 e. The Balaban J connectivity index is 1.86. The Kier molecular flexibility index (Phi) is 3.59. The molecule has 0 bridgehead atoms. The van der Waals surface area contributed by atoms with Crippen LogP contribution in [-0.4, -0.2) is 5.11 Å². The Labute approximate surface area is 124 Å². The molecule has 0 aliphatic heterocycles. The molecule has 0 aliphatic rings. The molecule has 4 heteroatoms. The number of aliphatic hydroxyl groups is 1. The maximum Gasteiger partial charge on any atom is 0.148 e. The summed E-state index contributed by atoms with van der Waals surface area (Å²) in [6, 6.07) is 13.7. The average molecular weight is 335 g/mol. The zero-order valence-corrected chi connectivity index (χ0v) is 12.1. The molecule has 0 saturated carbocycles. The van der Waals surface area contributed by atoms with Crippen molar-refractivity contribution in [2.75, 3.05) is 0 Å². The van der Waals surface area contributed by atoms with Gasteiger partial charge in [-0.05, 0) is 45.8 Å². The molecule has 0 radical (unpaired) electrons. The number of hydrogen-bond donors (Lipinski definition) is 1. The topological polar surface area (TPSA) is 33.4 Å². The molecular weight excluding hydrogens is 323 g/mol. The number of benzene rings is 2. The third kappa shape index (κ3) is 2.62. The summed E-state index contributed by atoms with van der Waals surface area (Å²) in [4.78, 5) is 0. The molecule has 0 saturated heterocycles. The van der Waals surface area contributed by atoms with Crippen LogP contribution in [0.15, 0.2) is 57.4 Å². The highest BCUT2D eigenvalue weighted by Gasteiger charge is 2.15. The molecular formula is C16H12BrFO2. The largest absolute Gasteiger partial charge is 0.457 e. The highest BCUT2D eigenvalue weighted by Crippen LogP contribution is 2.30. The van der Waals surface area contributed by atoms with Gasteiger partial charge in [-0.1, -0.05) is 24.3 Å². The summed E-state index contributed by atoms with van der Waals surface area (Å²) >= 11 is 3.42. The number of hydrogen-bond acceptors (Lipinski definition) is 2. The van der Waals surface area contributed by atoms with Crippen molar-refractivity contribution in [3.8, 4) is 0 Å². The van der Waals surface area contributed by atoms with E-state index in [-0.39, 0.29) is 5.82 Å². The van der Waals surface area contributed by atoms with Gasteiger partial charge in [0.2, 0.25) is 0 Å². The van der Waals surface area contributed by atoms with Crippen LogP contribution >= 0.6 is 15.9 Å². The van der Waals surface area contributed by atoms with Gasteiger partial charge in [0.05, 0.1) is 4.47 Å². The molecule has 20 heavy (non-hydrogen) atoms. The van der Waals surface area contributed by atoms with Gasteiger partial charge in [-0.3, -0.25) is 0 Å². The Bertz CT molecular complexity index is 734. The van der Waals surface area contributed by atoms with Gasteiger partial charge in [0.15, 0.2) is 0 Å². The van der Waals surface area contributed by atoms with Crippen molar-refractivity contribution in [3.05, 3.63) is 70.1 Å². The fourth-order valence-corrected chi connectivity index (χ4v) is 2.62. The lowest BCUT2D eigenvalue weighted by Gasteiger charge is -2.07. The summed E-state index contributed by atoms with van der Waals surface area (Å²) in [5, 5.41) is 11.2. The molecule has 2 nitrogen and oxygen atoms in total. The van der Waals surface area contributed by atoms with E-state index >= 15 is 0 Å². The lowest BCUT2D eigenvalue weighted by molar-refractivity contribution is 0.152. The van der Waals surface area contributed by atoms with E-state index in [9.17, 15) is 9.50 Å². The second kappa shape index (κ2) is 5.38. The van der Waals surface area contributed by atoms with Gasteiger partial charge in [-0.15, -0.1) is 0 Å². The van der Waals surface area contributed by atoms with Crippen LogP contribution < -0.4 is 0 Å². The van der Waals surface area contributed by atoms with E-state index in [1.54, 1.807) is 12.1 Å². The van der Waals surface area contributed by atoms with Crippen molar-refractivity contribution in [1.82, 2.24) is 0 Å². The first-order valence-corrected chi connectivity index (χ1v) is 7.03. The molecule has 2 aromatic carbocycles. The third-order valence-corrected chi connectivity index (χ3v) is 3.81. The highest BCUT2D eigenvalue weighted by molar-refractivity contribution is 9.10. The third-order valence-electron chi connectivity index (χ3n) is 3.19. The fraction of sp³-hybridized carbons (Fsp3) is 0.125. The van der Waals surface area contributed by atoms with Crippen molar-refractivity contribution in [2.24, 2.45) is 0 Å². The van der Waals surface area contributed by atoms with E-state index in [4.69, 9.17) is 4.42 Å². The molecule has 0 amide bonds. The van der Waals surface area contributed by atoms with Gasteiger partial charge in [0.1, 0.15) is 23.3 Å². The van der Waals surface area contributed by atoms with Crippen molar-refractivity contribution < 1.29 is 13.9 Å². The summed E-state index contributed by atoms with van der Waals surface area (Å²) in [6.07, 6.45) is -0.364. The Morgan fingerprint density at radius 3 is 2.60 bits per heavy atom. The van der Waals surface area contributed by atoms with Crippen LogP contribution in [0.1, 0.15) is 17.4 Å². The second-order valence-corrected chi connectivity index (χ2v) is 5.51. The monoisotopic (exact) mass is 334 g/mol. The molecule has 0 spiro atoms. The van der Waals surface area contributed by atoms with E-state index in [2.05, 4.69) is 15.9 Å². The summed E-state index contributed by atoms with van der Waals surface area (Å²) < 4.78 is 19.4. The van der Waals surface area contributed by atoms with Crippen LogP contribution in [0.4, 0.5) is 4.39 Å². The summed E-state index contributed by atoms with van der Waals surface area (Å²) in [5.74, 6) is 0.229. The number of rotatable bonds is 3. The van der Waals surface area contributed by atoms with Crippen LogP contribution in [0, 0.1) is 5.82 Å². The smallest absolute Gasteiger partial charge is 0.148 e. The normalized spacial score (nSPS) is 12.8.